The van der Waals surface area contributed by atoms with Crippen LogP contribution >= 0.6 is 11.3 Å². The van der Waals surface area contributed by atoms with Crippen LogP contribution in [0.3, 0.4) is 0 Å². The number of furan rings is 1. The second-order valence-electron chi connectivity index (χ2n) is 8.68. The van der Waals surface area contributed by atoms with E-state index in [0.717, 1.165) is 35.1 Å². The van der Waals surface area contributed by atoms with E-state index in [1.807, 2.05) is 30.3 Å². The van der Waals surface area contributed by atoms with Gasteiger partial charge in [-0.1, -0.05) is 41.7 Å². The Morgan fingerprint density at radius 2 is 2.00 bits per heavy atom. The third-order valence-electron chi connectivity index (χ3n) is 6.08. The van der Waals surface area contributed by atoms with Gasteiger partial charge in [0, 0.05) is 12.1 Å². The highest BCUT2D eigenvalue weighted by Gasteiger charge is 2.33. The van der Waals surface area contributed by atoms with Crippen LogP contribution in [0.25, 0.3) is 6.08 Å². The molecule has 2 aromatic carbocycles. The van der Waals surface area contributed by atoms with Gasteiger partial charge in [0.05, 0.1) is 39.4 Å². The number of aromatic nitrogens is 1. The molecular formula is C28H22FN3O7S. The lowest BCUT2D eigenvalue weighted by molar-refractivity contribution is -0.385. The molecule has 0 radical (unpaired) electrons. The van der Waals surface area contributed by atoms with Gasteiger partial charge in [-0.25, -0.2) is 14.2 Å². The molecular weight excluding hydrogens is 541 g/mol. The van der Waals surface area contributed by atoms with Gasteiger partial charge in [0.15, 0.2) is 16.4 Å². The standard InChI is InChI=1S/C28H22FN3O7S/c1-3-37-27(34)24-16(2)30-28-31(25(24)17-7-5-4-6-8-17)26(33)23(40-28)14-19-10-11-20(39-19)15-38-22-13-18(32(35)36)9-12-21(22)29/h4-14,25H,3,15H2,1-2H3. The number of esters is 1. The Balaban J connectivity index is 1.47. The van der Waals surface area contributed by atoms with Crippen LogP contribution in [0, 0.1) is 15.9 Å². The minimum atomic E-state index is -0.746. The number of allylic oxidation sites excluding steroid dienone is 1. The monoisotopic (exact) mass is 563 g/mol. The number of nitrogens with zero attached hydrogens (tertiary/aromatic N) is 3. The van der Waals surface area contributed by atoms with Gasteiger partial charge in [-0.3, -0.25) is 19.5 Å². The van der Waals surface area contributed by atoms with Crippen molar-refractivity contribution >= 4 is 29.1 Å². The van der Waals surface area contributed by atoms with Gasteiger partial charge in [0.25, 0.3) is 11.2 Å². The second kappa shape index (κ2) is 11.1. The lowest BCUT2D eigenvalue weighted by atomic mass is 9.96. The summed E-state index contributed by atoms with van der Waals surface area (Å²) < 4.78 is 32.2. The molecule has 0 aliphatic carbocycles. The molecule has 0 N–H and O–H groups in total. The molecule has 1 aliphatic rings. The quantitative estimate of drug-likeness (QED) is 0.180. The molecule has 2 aromatic heterocycles. The number of fused-ring (bicyclic) bond motifs is 1. The zero-order valence-corrected chi connectivity index (χ0v) is 22.1. The number of hydrogen-bond acceptors (Lipinski definition) is 9. The molecule has 3 heterocycles. The maximum atomic E-state index is 14.0. The molecule has 1 aliphatic heterocycles. The highest BCUT2D eigenvalue weighted by molar-refractivity contribution is 7.07. The van der Waals surface area contributed by atoms with Gasteiger partial charge in [0.1, 0.15) is 18.1 Å². The van der Waals surface area contributed by atoms with E-state index in [1.165, 1.54) is 4.57 Å². The molecule has 0 bridgehead atoms. The van der Waals surface area contributed by atoms with Crippen LogP contribution < -0.4 is 19.6 Å². The predicted octanol–water partition coefficient (Wildman–Crippen LogP) is 4.02. The molecule has 0 saturated carbocycles. The predicted molar refractivity (Wildman–Crippen MR) is 143 cm³/mol. The van der Waals surface area contributed by atoms with E-state index in [0.29, 0.717) is 26.6 Å². The van der Waals surface area contributed by atoms with Crippen molar-refractivity contribution in [1.29, 1.82) is 0 Å². The fraction of sp³-hybridized carbons (Fsp3) is 0.179. The minimum Gasteiger partial charge on any atom is -0.482 e. The first-order valence-corrected chi connectivity index (χ1v) is 13.0. The van der Waals surface area contributed by atoms with Crippen LogP contribution in [0.4, 0.5) is 10.1 Å². The topological polar surface area (TPSA) is 126 Å². The number of thiazole rings is 1. The Hall–Kier alpha value is -4.84. The van der Waals surface area contributed by atoms with Crippen molar-refractivity contribution < 1.29 is 28.0 Å². The Bertz CT molecular complexity index is 1820. The van der Waals surface area contributed by atoms with Crippen molar-refractivity contribution in [3.05, 3.63) is 125 Å². The van der Waals surface area contributed by atoms with Crippen molar-refractivity contribution in [2.45, 2.75) is 26.5 Å². The second-order valence-corrected chi connectivity index (χ2v) is 9.69. The maximum Gasteiger partial charge on any atom is 0.338 e. The summed E-state index contributed by atoms with van der Waals surface area (Å²) in [6.07, 6.45) is 1.55. The van der Waals surface area contributed by atoms with Crippen LogP contribution in [0.5, 0.6) is 5.75 Å². The molecule has 0 saturated heterocycles. The van der Waals surface area contributed by atoms with Crippen molar-refractivity contribution in [3.8, 4) is 5.75 Å². The number of rotatable bonds is 8. The highest BCUT2D eigenvalue weighted by atomic mass is 32.1. The summed E-state index contributed by atoms with van der Waals surface area (Å²) in [6, 6.07) is 14.7. The molecule has 0 fully saturated rings. The molecule has 12 heteroatoms. The zero-order valence-electron chi connectivity index (χ0n) is 21.3. The lowest BCUT2D eigenvalue weighted by Crippen LogP contribution is -2.39. The van der Waals surface area contributed by atoms with Gasteiger partial charge >= 0.3 is 5.97 Å². The lowest BCUT2D eigenvalue weighted by Gasteiger charge is -2.24. The van der Waals surface area contributed by atoms with E-state index in [-0.39, 0.29) is 35.8 Å². The van der Waals surface area contributed by atoms with Crippen LogP contribution in [0.15, 0.2) is 86.1 Å². The summed E-state index contributed by atoms with van der Waals surface area (Å²) in [5.41, 5.74) is 0.823. The van der Waals surface area contributed by atoms with Crippen molar-refractivity contribution in [3.63, 3.8) is 0 Å². The molecule has 40 heavy (non-hydrogen) atoms. The number of non-ortho nitro benzene ring substituents is 1. The smallest absolute Gasteiger partial charge is 0.338 e. The first kappa shape index (κ1) is 26.8. The number of carbonyl (C=O) groups is 1. The van der Waals surface area contributed by atoms with Gasteiger partial charge in [-0.05, 0) is 37.6 Å². The maximum absolute atomic E-state index is 14.0. The van der Waals surface area contributed by atoms with E-state index in [9.17, 15) is 24.1 Å². The molecule has 204 valence electrons. The molecule has 10 nitrogen and oxygen atoms in total. The van der Waals surface area contributed by atoms with Crippen LogP contribution in [0.2, 0.25) is 0 Å². The van der Waals surface area contributed by atoms with Gasteiger partial charge < -0.3 is 13.9 Å². The van der Waals surface area contributed by atoms with E-state index in [4.69, 9.17) is 13.9 Å². The summed E-state index contributed by atoms with van der Waals surface area (Å²) in [6.45, 7) is 3.41. The third-order valence-corrected chi connectivity index (χ3v) is 7.07. The Labute approximate surface area is 230 Å². The normalized spacial score (nSPS) is 15.0. The molecule has 1 unspecified atom stereocenters. The number of nitro groups is 1. The average Bonchev–Trinajstić information content (AvgIpc) is 3.51. The van der Waals surface area contributed by atoms with Gasteiger partial charge in [0.2, 0.25) is 0 Å². The van der Waals surface area contributed by atoms with E-state index < -0.39 is 22.8 Å². The summed E-state index contributed by atoms with van der Waals surface area (Å²) in [7, 11) is 0. The first-order chi connectivity index (χ1) is 19.3. The van der Waals surface area contributed by atoms with Crippen molar-refractivity contribution in [1.82, 2.24) is 4.57 Å². The summed E-state index contributed by atoms with van der Waals surface area (Å²) in [4.78, 5) is 41.8. The zero-order chi connectivity index (χ0) is 28.4. The van der Waals surface area contributed by atoms with E-state index >= 15 is 0 Å². The number of hydrogen-bond donors (Lipinski definition) is 0. The minimum absolute atomic E-state index is 0.180. The number of ether oxygens (including phenoxy) is 2. The molecule has 0 spiro atoms. The fourth-order valence-corrected chi connectivity index (χ4v) is 5.31. The summed E-state index contributed by atoms with van der Waals surface area (Å²) >= 11 is 1.15. The molecule has 0 amide bonds. The summed E-state index contributed by atoms with van der Waals surface area (Å²) in [5, 5.41) is 11.0. The third kappa shape index (κ3) is 5.21. The van der Waals surface area contributed by atoms with Crippen LogP contribution in [-0.4, -0.2) is 22.1 Å². The average molecular weight is 564 g/mol. The number of nitro benzene ring substituents is 1. The van der Waals surface area contributed by atoms with E-state index in [2.05, 4.69) is 4.99 Å². The van der Waals surface area contributed by atoms with Crippen molar-refractivity contribution in [2.24, 2.45) is 4.99 Å². The van der Waals surface area contributed by atoms with E-state index in [1.54, 1.807) is 32.1 Å². The number of carbonyl (C=O) groups excluding carboxylic acids is 1. The largest absolute Gasteiger partial charge is 0.482 e. The van der Waals surface area contributed by atoms with Crippen LogP contribution in [-0.2, 0) is 16.1 Å². The Morgan fingerprint density at radius 3 is 2.73 bits per heavy atom. The SMILES string of the molecule is CCOC(=O)C1=C(C)N=c2sc(=Cc3ccc(COc4cc([N+](=O)[O-])ccc4F)o3)c(=O)n2C1c1ccccc1. The Morgan fingerprint density at radius 1 is 1.23 bits per heavy atom. The first-order valence-electron chi connectivity index (χ1n) is 12.2. The Kier molecular flexibility index (Phi) is 7.43. The number of benzene rings is 2. The van der Waals surface area contributed by atoms with Gasteiger partial charge in [-0.2, -0.15) is 0 Å². The number of halogens is 1. The van der Waals surface area contributed by atoms with Crippen molar-refractivity contribution in [2.75, 3.05) is 6.61 Å². The van der Waals surface area contributed by atoms with Crippen LogP contribution in [0.1, 0.15) is 37.0 Å². The molecule has 1 atom stereocenters. The molecule has 5 rings (SSSR count). The summed E-state index contributed by atoms with van der Waals surface area (Å²) in [5.74, 6) is -0.922. The fourth-order valence-electron chi connectivity index (χ4n) is 4.29. The molecule has 4 aromatic rings. The highest BCUT2D eigenvalue weighted by Crippen LogP contribution is 2.30. The van der Waals surface area contributed by atoms with Gasteiger partial charge in [-0.15, -0.1) is 0 Å².